The fourth-order valence-electron chi connectivity index (χ4n) is 4.51. The minimum atomic E-state index is -0.431. The predicted molar refractivity (Wildman–Crippen MR) is 130 cm³/mol. The molecular weight excluding hydrogens is 428 g/mol. The number of aromatic nitrogens is 1. The molecule has 3 aromatic carbocycles. The summed E-state index contributed by atoms with van der Waals surface area (Å²) in [6.45, 7) is 1.81. The lowest BCUT2D eigenvalue weighted by atomic mass is 9.90. The predicted octanol–water partition coefficient (Wildman–Crippen LogP) is 6.04. The summed E-state index contributed by atoms with van der Waals surface area (Å²) in [5.74, 6) is -0.0184. The van der Waals surface area contributed by atoms with Gasteiger partial charge in [-0.15, -0.1) is 0 Å². The lowest BCUT2D eigenvalue weighted by Crippen LogP contribution is -2.38. The highest BCUT2D eigenvalue weighted by Gasteiger charge is 2.39. The van der Waals surface area contributed by atoms with Crippen LogP contribution in [0.4, 0.5) is 5.69 Å². The third kappa shape index (κ3) is 3.36. The summed E-state index contributed by atoms with van der Waals surface area (Å²) in [6, 6.07) is 25.6. The van der Waals surface area contributed by atoms with Crippen molar-refractivity contribution >= 4 is 22.2 Å². The minimum absolute atomic E-state index is 0.169. The molecule has 0 unspecified atom stereocenters. The van der Waals surface area contributed by atoms with E-state index in [0.29, 0.717) is 22.5 Å². The first-order valence-electron chi connectivity index (χ1n) is 10.8. The molecule has 5 rings (SSSR count). The van der Waals surface area contributed by atoms with Gasteiger partial charge in [-0.2, -0.15) is 4.57 Å². The molecule has 6 heteroatoms. The number of carbonyl (C=O) groups excluding carboxylic acids is 1. The Morgan fingerprint density at radius 1 is 0.912 bits per heavy atom. The third-order valence-corrected chi connectivity index (χ3v) is 6.17. The lowest BCUT2D eigenvalue weighted by Gasteiger charge is -2.14. The molecule has 2 aromatic heterocycles. The number of benzene rings is 3. The number of ketones is 1. The zero-order valence-corrected chi connectivity index (χ0v) is 18.7. The first kappa shape index (κ1) is 21.3. The van der Waals surface area contributed by atoms with E-state index in [0.717, 1.165) is 10.8 Å². The van der Waals surface area contributed by atoms with Gasteiger partial charge in [0.1, 0.15) is 23.9 Å². The summed E-state index contributed by atoms with van der Waals surface area (Å²) in [6.07, 6.45) is 1.45. The molecule has 166 valence electrons. The molecule has 0 aliphatic heterocycles. The molecule has 0 N–H and O–H groups in total. The van der Waals surface area contributed by atoms with Crippen LogP contribution in [0.25, 0.3) is 33.4 Å². The Kier molecular flexibility index (Phi) is 5.26. The van der Waals surface area contributed by atoms with Gasteiger partial charge in [0.25, 0.3) is 5.69 Å². The van der Waals surface area contributed by atoms with E-state index in [1.165, 1.54) is 6.26 Å². The topological polar surface area (TPSA) is 77.2 Å². The van der Waals surface area contributed by atoms with E-state index in [-0.39, 0.29) is 28.4 Å². The van der Waals surface area contributed by atoms with E-state index in [2.05, 4.69) is 0 Å². The number of carbonyl (C=O) groups is 1. The second-order valence-electron chi connectivity index (χ2n) is 8.05. The highest BCUT2D eigenvalue weighted by Crippen LogP contribution is 2.41. The molecule has 0 fully saturated rings. The van der Waals surface area contributed by atoms with Gasteiger partial charge in [-0.3, -0.25) is 14.9 Å². The molecule has 0 amide bonds. The van der Waals surface area contributed by atoms with Gasteiger partial charge < -0.3 is 4.42 Å². The number of hydrogen-bond donors (Lipinski definition) is 0. The molecule has 0 aliphatic rings. The SMILES string of the molecule is Cc1c(C(=O)c2cccc3ccccc23)c(-c2ccco2)c([N+](=O)[O-])c(-c2ccccc2)[n+]1C. The van der Waals surface area contributed by atoms with Gasteiger partial charge in [-0.25, -0.2) is 0 Å². The Morgan fingerprint density at radius 2 is 1.62 bits per heavy atom. The van der Waals surface area contributed by atoms with Crippen LogP contribution in [-0.4, -0.2) is 10.7 Å². The molecule has 5 aromatic rings. The fraction of sp³-hybridized carbons (Fsp3) is 0.0714. The Hall–Kier alpha value is -4.58. The van der Waals surface area contributed by atoms with Crippen LogP contribution in [0.2, 0.25) is 0 Å². The average molecular weight is 449 g/mol. The molecular formula is C28H21N2O4+. The van der Waals surface area contributed by atoms with Crippen molar-refractivity contribution in [2.45, 2.75) is 6.92 Å². The number of rotatable bonds is 5. The van der Waals surface area contributed by atoms with Crippen LogP contribution in [0.5, 0.6) is 0 Å². The maximum Gasteiger partial charge on any atom is 0.352 e. The number of pyridine rings is 1. The van der Waals surface area contributed by atoms with Crippen LogP contribution >= 0.6 is 0 Å². The van der Waals surface area contributed by atoms with Crippen LogP contribution in [0.1, 0.15) is 21.6 Å². The molecule has 0 radical (unpaired) electrons. The van der Waals surface area contributed by atoms with Gasteiger partial charge in [0.05, 0.1) is 16.7 Å². The van der Waals surface area contributed by atoms with Gasteiger partial charge >= 0.3 is 5.69 Å². The Morgan fingerprint density at radius 3 is 2.32 bits per heavy atom. The number of fused-ring (bicyclic) bond motifs is 1. The summed E-state index contributed by atoms with van der Waals surface area (Å²) in [5.41, 5.74) is 2.44. The Balaban J connectivity index is 1.90. The Bertz CT molecular complexity index is 1550. The average Bonchev–Trinajstić information content (AvgIpc) is 3.39. The molecule has 0 spiro atoms. The van der Waals surface area contributed by atoms with Crippen LogP contribution in [-0.2, 0) is 7.05 Å². The van der Waals surface area contributed by atoms with Crippen molar-refractivity contribution in [3.63, 3.8) is 0 Å². The van der Waals surface area contributed by atoms with Crippen molar-refractivity contribution in [3.05, 3.63) is 118 Å². The van der Waals surface area contributed by atoms with Gasteiger partial charge in [0.15, 0.2) is 5.69 Å². The number of nitrogens with zero attached hydrogens (tertiary/aromatic N) is 2. The number of hydrogen-bond acceptors (Lipinski definition) is 4. The summed E-state index contributed by atoms with van der Waals surface area (Å²) in [4.78, 5) is 26.2. The highest BCUT2D eigenvalue weighted by molar-refractivity contribution is 6.20. The summed E-state index contributed by atoms with van der Waals surface area (Å²) < 4.78 is 7.36. The molecule has 0 bridgehead atoms. The number of furan rings is 1. The standard InChI is InChI=1S/C28H21N2O4/c1-18-24(28(31)22-15-8-13-19-10-6-7-14-21(19)22)25(23-16-9-17-34-23)27(30(32)33)26(29(18)2)20-11-4-3-5-12-20/h3-17H,1-2H3/q+1. The number of nitro groups is 1. The van der Waals surface area contributed by atoms with Crippen molar-refractivity contribution < 1.29 is 18.7 Å². The largest absolute Gasteiger partial charge is 0.464 e. The van der Waals surface area contributed by atoms with Gasteiger partial charge in [0, 0.05) is 12.5 Å². The Labute approximate surface area is 195 Å². The smallest absolute Gasteiger partial charge is 0.352 e. The molecule has 6 nitrogen and oxygen atoms in total. The first-order valence-corrected chi connectivity index (χ1v) is 10.8. The van der Waals surface area contributed by atoms with E-state index in [1.54, 1.807) is 36.7 Å². The molecule has 0 atom stereocenters. The third-order valence-electron chi connectivity index (χ3n) is 6.17. The van der Waals surface area contributed by atoms with Gasteiger partial charge in [0.2, 0.25) is 5.78 Å². The normalized spacial score (nSPS) is 11.0. The van der Waals surface area contributed by atoms with Crippen LogP contribution in [0, 0.1) is 17.0 Å². The lowest BCUT2D eigenvalue weighted by molar-refractivity contribution is -0.669. The summed E-state index contributed by atoms with van der Waals surface area (Å²) in [7, 11) is 1.75. The zero-order chi connectivity index (χ0) is 23.8. The van der Waals surface area contributed by atoms with E-state index in [1.807, 2.05) is 66.7 Å². The minimum Gasteiger partial charge on any atom is -0.464 e. The van der Waals surface area contributed by atoms with Crippen molar-refractivity contribution in [2.75, 3.05) is 0 Å². The van der Waals surface area contributed by atoms with Gasteiger partial charge in [-0.1, -0.05) is 60.7 Å². The second-order valence-corrected chi connectivity index (χ2v) is 8.05. The van der Waals surface area contributed by atoms with Crippen LogP contribution in [0.15, 0.2) is 95.6 Å². The van der Waals surface area contributed by atoms with E-state index in [4.69, 9.17) is 4.42 Å². The molecule has 34 heavy (non-hydrogen) atoms. The molecule has 0 aliphatic carbocycles. The monoisotopic (exact) mass is 449 g/mol. The summed E-state index contributed by atoms with van der Waals surface area (Å²) >= 11 is 0. The quantitative estimate of drug-likeness (QED) is 0.142. The van der Waals surface area contributed by atoms with E-state index < -0.39 is 4.92 Å². The highest BCUT2D eigenvalue weighted by atomic mass is 16.6. The van der Waals surface area contributed by atoms with E-state index in [9.17, 15) is 14.9 Å². The van der Waals surface area contributed by atoms with Gasteiger partial charge in [-0.05, 0) is 35.0 Å². The van der Waals surface area contributed by atoms with Crippen molar-refractivity contribution in [1.29, 1.82) is 0 Å². The van der Waals surface area contributed by atoms with Crippen LogP contribution in [0.3, 0.4) is 0 Å². The molecule has 0 saturated heterocycles. The molecule has 2 heterocycles. The van der Waals surface area contributed by atoms with Crippen LogP contribution < -0.4 is 4.57 Å². The maximum absolute atomic E-state index is 14.1. The van der Waals surface area contributed by atoms with E-state index >= 15 is 0 Å². The second kappa shape index (κ2) is 8.41. The zero-order valence-electron chi connectivity index (χ0n) is 18.7. The first-order chi connectivity index (χ1) is 16.5. The molecule has 0 saturated carbocycles. The van der Waals surface area contributed by atoms with Crippen molar-refractivity contribution in [2.24, 2.45) is 7.05 Å². The summed E-state index contributed by atoms with van der Waals surface area (Å²) in [5, 5.41) is 14.2. The maximum atomic E-state index is 14.1. The fourth-order valence-corrected chi connectivity index (χ4v) is 4.51. The van der Waals surface area contributed by atoms with Crippen molar-refractivity contribution in [1.82, 2.24) is 0 Å². The van der Waals surface area contributed by atoms with Crippen molar-refractivity contribution in [3.8, 4) is 22.6 Å².